The van der Waals surface area contributed by atoms with E-state index in [9.17, 15) is 9.18 Å². The van der Waals surface area contributed by atoms with Crippen molar-refractivity contribution in [3.8, 4) is 0 Å². The molecule has 0 atom stereocenters. The number of carbonyl (C=O) groups excluding carboxylic acids is 1. The molecular formula is C14H12ClFN2O. The molecule has 0 aliphatic heterocycles. The first-order chi connectivity index (χ1) is 9.17. The van der Waals surface area contributed by atoms with E-state index in [1.54, 1.807) is 18.2 Å². The molecule has 0 heterocycles. The fourth-order valence-corrected chi connectivity index (χ4v) is 1.72. The molecule has 0 radical (unpaired) electrons. The summed E-state index contributed by atoms with van der Waals surface area (Å²) in [6, 6.07) is 12.4. The van der Waals surface area contributed by atoms with Crippen molar-refractivity contribution < 1.29 is 9.18 Å². The average molecular weight is 279 g/mol. The highest BCUT2D eigenvalue weighted by Crippen LogP contribution is 2.13. The van der Waals surface area contributed by atoms with Crippen molar-refractivity contribution >= 4 is 29.0 Å². The maximum absolute atomic E-state index is 12.9. The number of rotatable bonds is 3. The Kier molecular flexibility index (Phi) is 4.36. The highest BCUT2D eigenvalue weighted by molar-refractivity contribution is 6.17. The van der Waals surface area contributed by atoms with E-state index in [0.29, 0.717) is 17.3 Å². The Morgan fingerprint density at radius 1 is 1.05 bits per heavy atom. The monoisotopic (exact) mass is 278 g/mol. The lowest BCUT2D eigenvalue weighted by Crippen LogP contribution is -2.19. The van der Waals surface area contributed by atoms with Gasteiger partial charge in [0.2, 0.25) is 0 Å². The third kappa shape index (κ3) is 3.96. The minimum atomic E-state index is -0.427. The molecule has 0 aliphatic rings. The number of amides is 2. The summed E-state index contributed by atoms with van der Waals surface area (Å²) in [6.45, 7) is 0. The number of carbonyl (C=O) groups is 1. The number of halogens is 2. The second kappa shape index (κ2) is 6.20. The number of anilines is 2. The zero-order valence-electron chi connectivity index (χ0n) is 9.99. The Morgan fingerprint density at radius 3 is 2.37 bits per heavy atom. The van der Waals surface area contributed by atoms with Crippen LogP contribution in [0.3, 0.4) is 0 Å². The van der Waals surface area contributed by atoms with Crippen LogP contribution in [0.2, 0.25) is 0 Å². The smallest absolute Gasteiger partial charge is 0.308 e. The average Bonchev–Trinajstić information content (AvgIpc) is 2.39. The molecule has 0 spiro atoms. The normalized spacial score (nSPS) is 10.0. The molecule has 2 rings (SSSR count). The second-order valence-electron chi connectivity index (χ2n) is 3.92. The summed E-state index contributed by atoms with van der Waals surface area (Å²) in [7, 11) is 0. The van der Waals surface area contributed by atoms with Gasteiger partial charge in [-0.25, -0.2) is 9.18 Å². The van der Waals surface area contributed by atoms with Gasteiger partial charge in [0.1, 0.15) is 5.82 Å². The second-order valence-corrected chi connectivity index (χ2v) is 4.19. The van der Waals surface area contributed by atoms with Gasteiger partial charge < -0.3 is 10.6 Å². The van der Waals surface area contributed by atoms with Gasteiger partial charge in [-0.05, 0) is 35.9 Å². The van der Waals surface area contributed by atoms with Crippen LogP contribution in [0.15, 0.2) is 48.5 Å². The van der Waals surface area contributed by atoms with E-state index in [1.807, 2.05) is 12.1 Å². The molecule has 19 heavy (non-hydrogen) atoms. The SMILES string of the molecule is O=C(Nc1ccc(CCl)cc1)Nc1cccc(F)c1. The van der Waals surface area contributed by atoms with Crippen molar-refractivity contribution in [2.45, 2.75) is 5.88 Å². The summed E-state index contributed by atoms with van der Waals surface area (Å²) < 4.78 is 12.9. The Hall–Kier alpha value is -2.07. The van der Waals surface area contributed by atoms with Crippen LogP contribution in [-0.4, -0.2) is 6.03 Å². The van der Waals surface area contributed by atoms with Gasteiger partial charge in [0.15, 0.2) is 0 Å². The molecule has 2 N–H and O–H groups in total. The zero-order valence-corrected chi connectivity index (χ0v) is 10.7. The lowest BCUT2D eigenvalue weighted by molar-refractivity contribution is 0.262. The first-order valence-corrected chi connectivity index (χ1v) is 6.19. The van der Waals surface area contributed by atoms with E-state index in [4.69, 9.17) is 11.6 Å². The van der Waals surface area contributed by atoms with Crippen molar-refractivity contribution in [2.24, 2.45) is 0 Å². The first-order valence-electron chi connectivity index (χ1n) is 5.66. The molecule has 2 amide bonds. The van der Waals surface area contributed by atoms with Crippen LogP contribution >= 0.6 is 11.6 Å². The minimum absolute atomic E-state index is 0.398. The predicted molar refractivity (Wildman–Crippen MR) is 75.0 cm³/mol. The Labute approximate surface area is 115 Å². The maximum Gasteiger partial charge on any atom is 0.323 e. The molecule has 0 bridgehead atoms. The molecule has 3 nitrogen and oxygen atoms in total. The van der Waals surface area contributed by atoms with Crippen molar-refractivity contribution in [3.05, 3.63) is 59.9 Å². The van der Waals surface area contributed by atoms with Crippen LogP contribution < -0.4 is 10.6 Å². The van der Waals surface area contributed by atoms with Crippen molar-refractivity contribution in [2.75, 3.05) is 10.6 Å². The fraction of sp³-hybridized carbons (Fsp3) is 0.0714. The Balaban J connectivity index is 1.97. The molecule has 0 saturated carbocycles. The molecule has 2 aromatic carbocycles. The highest BCUT2D eigenvalue weighted by Gasteiger charge is 2.03. The highest BCUT2D eigenvalue weighted by atomic mass is 35.5. The zero-order chi connectivity index (χ0) is 13.7. The molecular weight excluding hydrogens is 267 g/mol. The first kappa shape index (κ1) is 13.4. The number of urea groups is 1. The largest absolute Gasteiger partial charge is 0.323 e. The summed E-state index contributed by atoms with van der Waals surface area (Å²) in [4.78, 5) is 11.7. The van der Waals surface area contributed by atoms with Gasteiger partial charge in [-0.15, -0.1) is 11.6 Å². The number of alkyl halides is 1. The van der Waals surface area contributed by atoms with Gasteiger partial charge in [-0.3, -0.25) is 0 Å². The van der Waals surface area contributed by atoms with Crippen LogP contribution in [0.25, 0.3) is 0 Å². The molecule has 0 unspecified atom stereocenters. The lowest BCUT2D eigenvalue weighted by Gasteiger charge is -2.08. The number of nitrogens with one attached hydrogen (secondary N) is 2. The summed E-state index contributed by atoms with van der Waals surface area (Å²) >= 11 is 5.67. The Morgan fingerprint density at radius 2 is 1.74 bits per heavy atom. The Bertz CT molecular complexity index is 572. The van der Waals surface area contributed by atoms with Gasteiger partial charge >= 0.3 is 6.03 Å². The van der Waals surface area contributed by atoms with Crippen LogP contribution in [0, 0.1) is 5.82 Å². The molecule has 0 fully saturated rings. The van der Waals surface area contributed by atoms with Crippen molar-refractivity contribution in [3.63, 3.8) is 0 Å². The molecule has 0 aromatic heterocycles. The number of benzene rings is 2. The quantitative estimate of drug-likeness (QED) is 0.812. The van der Waals surface area contributed by atoms with E-state index in [2.05, 4.69) is 10.6 Å². The van der Waals surface area contributed by atoms with Gasteiger partial charge in [0.05, 0.1) is 0 Å². The van der Waals surface area contributed by atoms with E-state index in [1.165, 1.54) is 18.2 Å². The van der Waals surface area contributed by atoms with Crippen LogP contribution in [-0.2, 0) is 5.88 Å². The minimum Gasteiger partial charge on any atom is -0.308 e. The van der Waals surface area contributed by atoms with Crippen LogP contribution in [0.4, 0.5) is 20.6 Å². The number of hydrogen-bond acceptors (Lipinski definition) is 1. The number of hydrogen-bond donors (Lipinski definition) is 2. The lowest BCUT2D eigenvalue weighted by atomic mass is 10.2. The third-order valence-electron chi connectivity index (χ3n) is 2.45. The van der Waals surface area contributed by atoms with E-state index in [-0.39, 0.29) is 0 Å². The summed E-state index contributed by atoms with van der Waals surface area (Å²) in [5, 5.41) is 5.19. The van der Waals surface area contributed by atoms with Crippen molar-refractivity contribution in [1.82, 2.24) is 0 Å². The molecule has 5 heteroatoms. The van der Waals surface area contributed by atoms with E-state index in [0.717, 1.165) is 5.56 Å². The van der Waals surface area contributed by atoms with Gasteiger partial charge in [0.25, 0.3) is 0 Å². The van der Waals surface area contributed by atoms with Gasteiger partial charge in [-0.2, -0.15) is 0 Å². The molecule has 0 saturated heterocycles. The summed E-state index contributed by atoms with van der Waals surface area (Å²) in [6.07, 6.45) is 0. The van der Waals surface area contributed by atoms with E-state index >= 15 is 0 Å². The summed E-state index contributed by atoms with van der Waals surface area (Å²) in [5.41, 5.74) is 2.01. The third-order valence-corrected chi connectivity index (χ3v) is 2.76. The molecule has 0 aliphatic carbocycles. The van der Waals surface area contributed by atoms with Crippen molar-refractivity contribution in [1.29, 1.82) is 0 Å². The molecule has 2 aromatic rings. The maximum atomic E-state index is 12.9. The molecule has 98 valence electrons. The van der Waals surface area contributed by atoms with Crippen LogP contribution in [0.1, 0.15) is 5.56 Å². The predicted octanol–water partition coefficient (Wildman–Crippen LogP) is 4.21. The van der Waals surface area contributed by atoms with Gasteiger partial charge in [-0.1, -0.05) is 18.2 Å². The van der Waals surface area contributed by atoms with Crippen LogP contribution in [0.5, 0.6) is 0 Å². The standard InChI is InChI=1S/C14H12ClFN2O/c15-9-10-4-6-12(7-5-10)17-14(19)18-13-3-1-2-11(16)8-13/h1-8H,9H2,(H2,17,18,19). The fourth-order valence-electron chi connectivity index (χ4n) is 1.54. The van der Waals surface area contributed by atoms with Gasteiger partial charge in [0, 0.05) is 17.3 Å². The van der Waals surface area contributed by atoms with E-state index < -0.39 is 11.8 Å². The summed E-state index contributed by atoms with van der Waals surface area (Å²) in [5.74, 6) is 0.0275. The topological polar surface area (TPSA) is 41.1 Å².